The lowest BCUT2D eigenvalue weighted by Gasteiger charge is -2.04. The predicted octanol–water partition coefficient (Wildman–Crippen LogP) is 1.18. The van der Waals surface area contributed by atoms with E-state index in [4.69, 9.17) is 18.0 Å². The molecule has 2 heterocycles. The number of hydrogen-bond acceptors (Lipinski definition) is 5. The molecule has 0 saturated carbocycles. The minimum absolute atomic E-state index is 0.332. The summed E-state index contributed by atoms with van der Waals surface area (Å²) >= 11 is 5.25. The maximum Gasteiger partial charge on any atom is 0.198 e. The number of anilines is 1. The number of rotatable bonds is 3. The summed E-state index contributed by atoms with van der Waals surface area (Å²) in [6.07, 6.45) is 4.85. The van der Waals surface area contributed by atoms with Gasteiger partial charge in [-0.3, -0.25) is 4.57 Å². The molecule has 6 nitrogen and oxygen atoms in total. The zero-order valence-electron chi connectivity index (χ0n) is 9.37. The van der Waals surface area contributed by atoms with Gasteiger partial charge in [-0.25, -0.2) is 14.6 Å². The van der Waals surface area contributed by atoms with Gasteiger partial charge >= 0.3 is 0 Å². The van der Waals surface area contributed by atoms with Crippen molar-refractivity contribution in [3.05, 3.63) is 29.8 Å². The predicted molar refractivity (Wildman–Crippen MR) is 67.7 cm³/mol. The molecule has 0 spiro atoms. The van der Waals surface area contributed by atoms with E-state index < -0.39 is 0 Å². The van der Waals surface area contributed by atoms with Crippen molar-refractivity contribution < 1.29 is 0 Å². The molecule has 0 unspecified atom stereocenters. The number of hydrogen-bond donors (Lipinski definition) is 1. The normalized spacial score (nSPS) is 10.4. The lowest BCUT2D eigenvalue weighted by Crippen LogP contribution is -2.03. The summed E-state index contributed by atoms with van der Waals surface area (Å²) in [4.78, 5) is 8.17. The van der Waals surface area contributed by atoms with Gasteiger partial charge in [-0.15, -0.1) is 6.58 Å². The summed E-state index contributed by atoms with van der Waals surface area (Å²) in [7, 11) is 1.78. The van der Waals surface area contributed by atoms with Crippen LogP contribution in [0.4, 0.5) is 5.82 Å². The van der Waals surface area contributed by atoms with Gasteiger partial charge in [0.1, 0.15) is 5.69 Å². The average molecular weight is 248 g/mol. The molecule has 0 amide bonds. The standard InChI is InChI=1S/C10H12N6S/c1-3-6-16-9(14-15(2)10(16)17)7-8(11)13-5-4-12-7/h3-5H,1,6H2,2H3,(H2,11,13). The summed E-state index contributed by atoms with van der Waals surface area (Å²) in [5.41, 5.74) is 6.31. The van der Waals surface area contributed by atoms with Crippen molar-refractivity contribution in [2.45, 2.75) is 6.54 Å². The highest BCUT2D eigenvalue weighted by Gasteiger charge is 2.14. The van der Waals surface area contributed by atoms with Crippen LogP contribution in [0.1, 0.15) is 0 Å². The lowest BCUT2D eigenvalue weighted by molar-refractivity contribution is 0.728. The third-order valence-corrected chi connectivity index (χ3v) is 2.74. The van der Waals surface area contributed by atoms with E-state index in [0.717, 1.165) is 0 Å². The first-order valence-electron chi connectivity index (χ1n) is 4.96. The van der Waals surface area contributed by atoms with E-state index in [1.807, 2.05) is 4.57 Å². The fraction of sp³-hybridized carbons (Fsp3) is 0.200. The minimum atomic E-state index is 0.332. The van der Waals surface area contributed by atoms with Crippen LogP contribution in [-0.4, -0.2) is 24.3 Å². The molecule has 17 heavy (non-hydrogen) atoms. The smallest absolute Gasteiger partial charge is 0.198 e. The number of nitrogen functional groups attached to an aromatic ring is 1. The molecule has 2 aromatic heterocycles. The Bertz CT molecular complexity index is 611. The molecule has 0 aliphatic rings. The zero-order valence-corrected chi connectivity index (χ0v) is 10.2. The Balaban J connectivity index is 2.67. The molecule has 88 valence electrons. The first kappa shape index (κ1) is 11.5. The number of allylic oxidation sites excluding steroid dienone is 1. The Morgan fingerprint density at radius 2 is 2.18 bits per heavy atom. The van der Waals surface area contributed by atoms with E-state index in [2.05, 4.69) is 21.6 Å². The maximum atomic E-state index is 5.78. The average Bonchev–Trinajstić information content (AvgIpc) is 2.58. The van der Waals surface area contributed by atoms with Crippen molar-refractivity contribution in [2.24, 2.45) is 7.05 Å². The van der Waals surface area contributed by atoms with Crippen LogP contribution in [0.15, 0.2) is 25.0 Å². The fourth-order valence-corrected chi connectivity index (χ4v) is 1.70. The molecular formula is C10H12N6S. The van der Waals surface area contributed by atoms with E-state index in [1.165, 1.54) is 6.20 Å². The van der Waals surface area contributed by atoms with Crippen molar-refractivity contribution in [1.82, 2.24) is 24.3 Å². The third kappa shape index (κ3) is 1.96. The molecule has 2 aromatic rings. The summed E-state index contributed by atoms with van der Waals surface area (Å²) in [6, 6.07) is 0. The third-order valence-electron chi connectivity index (χ3n) is 2.26. The van der Waals surface area contributed by atoms with E-state index >= 15 is 0 Å². The molecular weight excluding hydrogens is 236 g/mol. The molecule has 0 atom stereocenters. The van der Waals surface area contributed by atoms with Gasteiger partial charge in [0, 0.05) is 26.0 Å². The largest absolute Gasteiger partial charge is 0.382 e. The van der Waals surface area contributed by atoms with Crippen LogP contribution in [0.25, 0.3) is 11.5 Å². The monoisotopic (exact) mass is 248 g/mol. The van der Waals surface area contributed by atoms with E-state index in [0.29, 0.717) is 28.7 Å². The van der Waals surface area contributed by atoms with Crippen molar-refractivity contribution in [2.75, 3.05) is 5.73 Å². The maximum absolute atomic E-state index is 5.78. The molecule has 0 aliphatic carbocycles. The topological polar surface area (TPSA) is 74.6 Å². The van der Waals surface area contributed by atoms with Gasteiger partial charge in [0.2, 0.25) is 0 Å². The van der Waals surface area contributed by atoms with Crippen LogP contribution < -0.4 is 5.73 Å². The second kappa shape index (κ2) is 4.46. The van der Waals surface area contributed by atoms with E-state index in [-0.39, 0.29) is 0 Å². The quantitative estimate of drug-likeness (QED) is 0.652. The van der Waals surface area contributed by atoms with Gasteiger partial charge in [-0.05, 0) is 12.2 Å². The lowest BCUT2D eigenvalue weighted by atomic mass is 10.4. The Morgan fingerprint density at radius 3 is 2.82 bits per heavy atom. The van der Waals surface area contributed by atoms with Gasteiger partial charge in [-0.1, -0.05) is 6.08 Å². The number of aromatic nitrogens is 5. The van der Waals surface area contributed by atoms with E-state index in [1.54, 1.807) is 24.0 Å². The molecule has 2 N–H and O–H groups in total. The van der Waals surface area contributed by atoms with Crippen LogP contribution in [0.2, 0.25) is 0 Å². The van der Waals surface area contributed by atoms with Gasteiger partial charge in [0.05, 0.1) is 0 Å². The summed E-state index contributed by atoms with van der Waals surface area (Å²) < 4.78 is 4.00. The molecule has 0 saturated heterocycles. The molecule has 0 aromatic carbocycles. The Hall–Kier alpha value is -2.02. The zero-order chi connectivity index (χ0) is 12.4. The molecule has 0 fully saturated rings. The molecule has 0 bridgehead atoms. The summed E-state index contributed by atoms with van der Waals surface area (Å²) in [5, 5.41) is 4.31. The van der Waals surface area contributed by atoms with Crippen molar-refractivity contribution >= 4 is 18.0 Å². The number of aryl methyl sites for hydroxylation is 1. The van der Waals surface area contributed by atoms with Crippen LogP contribution in [-0.2, 0) is 13.6 Å². The van der Waals surface area contributed by atoms with Gasteiger partial charge in [0.25, 0.3) is 0 Å². The second-order valence-electron chi connectivity index (χ2n) is 3.42. The molecule has 0 radical (unpaired) electrons. The first-order valence-corrected chi connectivity index (χ1v) is 5.37. The fourth-order valence-electron chi connectivity index (χ4n) is 1.49. The highest BCUT2D eigenvalue weighted by Crippen LogP contribution is 2.19. The van der Waals surface area contributed by atoms with Gasteiger partial charge in [-0.2, -0.15) is 5.10 Å². The Kier molecular flexibility index (Phi) is 3.01. The first-order chi connectivity index (χ1) is 8.15. The molecule has 0 aliphatic heterocycles. The highest BCUT2D eigenvalue weighted by atomic mass is 32.1. The number of nitrogens with zero attached hydrogens (tertiary/aromatic N) is 5. The minimum Gasteiger partial charge on any atom is -0.382 e. The van der Waals surface area contributed by atoms with Crippen LogP contribution >= 0.6 is 12.2 Å². The van der Waals surface area contributed by atoms with Crippen LogP contribution in [0.3, 0.4) is 0 Å². The van der Waals surface area contributed by atoms with Gasteiger partial charge < -0.3 is 5.73 Å². The van der Waals surface area contributed by atoms with E-state index in [9.17, 15) is 0 Å². The molecule has 7 heteroatoms. The van der Waals surface area contributed by atoms with Crippen molar-refractivity contribution in [3.8, 4) is 11.5 Å². The highest BCUT2D eigenvalue weighted by molar-refractivity contribution is 7.71. The summed E-state index contributed by atoms with van der Waals surface area (Å²) in [5.74, 6) is 0.932. The SMILES string of the molecule is C=CCn1c(-c2nccnc2N)nn(C)c1=S. The molecule has 2 rings (SSSR count). The van der Waals surface area contributed by atoms with Crippen LogP contribution in [0, 0.1) is 4.77 Å². The van der Waals surface area contributed by atoms with Crippen LogP contribution in [0.5, 0.6) is 0 Å². The van der Waals surface area contributed by atoms with Crippen molar-refractivity contribution in [1.29, 1.82) is 0 Å². The Morgan fingerprint density at radius 1 is 1.47 bits per heavy atom. The van der Waals surface area contributed by atoms with Crippen molar-refractivity contribution in [3.63, 3.8) is 0 Å². The van der Waals surface area contributed by atoms with Gasteiger partial charge in [0.15, 0.2) is 16.4 Å². The number of nitrogens with two attached hydrogens (primary N) is 1. The summed E-state index contributed by atoms with van der Waals surface area (Å²) in [6.45, 7) is 4.25. The second-order valence-corrected chi connectivity index (χ2v) is 3.78. The Labute approximate surface area is 103 Å².